The molecule has 6 nitrogen and oxygen atoms in total. The number of hydrogen-bond donors (Lipinski definition) is 2. The van der Waals surface area contributed by atoms with Gasteiger partial charge in [0.05, 0.1) is 11.8 Å². The van der Waals surface area contributed by atoms with Crippen LogP contribution < -0.4 is 10.3 Å². The minimum Gasteiger partial charge on any atom is -0.318 e. The standard InChI is InChI=1S/C23H21Cl2N3O3S/c1-13-17-11-22(29)28(2)12-20(17)18-9-15(7-8-26-32(30)31)21(25)10-19(18)23(27-13)14-3-5-16(24)6-4-14/h3-6,9-13,26H,7-8H2,1-2H3,(H,30,31)/t13-/m0/s1. The molecule has 2 heterocycles. The number of hydrogen-bond acceptors (Lipinski definition) is 3. The largest absolute Gasteiger partial charge is 0.318 e. The van der Waals surface area contributed by atoms with Crippen molar-refractivity contribution in [2.24, 2.45) is 12.0 Å². The van der Waals surface area contributed by atoms with Crippen LogP contribution in [0, 0.1) is 0 Å². The molecule has 3 aromatic rings. The summed E-state index contributed by atoms with van der Waals surface area (Å²) < 4.78 is 24.0. The number of pyridine rings is 1. The Morgan fingerprint density at radius 2 is 1.84 bits per heavy atom. The number of aliphatic imine (C=N–C) groups is 1. The number of benzene rings is 2. The average molecular weight is 490 g/mol. The number of fused-ring (bicyclic) bond motifs is 3. The molecule has 0 bridgehead atoms. The van der Waals surface area contributed by atoms with Gasteiger partial charge in [0.15, 0.2) is 0 Å². The summed E-state index contributed by atoms with van der Waals surface area (Å²) in [4.78, 5) is 17.4. The van der Waals surface area contributed by atoms with Crippen LogP contribution in [0.15, 0.2) is 58.4 Å². The lowest BCUT2D eigenvalue weighted by atomic mass is 9.90. The summed E-state index contributed by atoms with van der Waals surface area (Å²) in [5, 5.41) is 1.17. The first kappa shape index (κ1) is 22.9. The first-order valence-electron chi connectivity index (χ1n) is 9.96. The Balaban J connectivity index is 1.95. The summed E-state index contributed by atoms with van der Waals surface area (Å²) in [6, 6.07) is 12.7. The van der Waals surface area contributed by atoms with Gasteiger partial charge in [0.2, 0.25) is 11.3 Å². The van der Waals surface area contributed by atoms with E-state index in [0.717, 1.165) is 39.1 Å². The zero-order chi connectivity index (χ0) is 23.0. The van der Waals surface area contributed by atoms with Gasteiger partial charge in [-0.05, 0) is 54.3 Å². The van der Waals surface area contributed by atoms with Crippen molar-refractivity contribution in [3.8, 4) is 11.1 Å². The number of rotatable bonds is 5. The van der Waals surface area contributed by atoms with E-state index >= 15 is 0 Å². The van der Waals surface area contributed by atoms with Gasteiger partial charge in [-0.1, -0.05) is 35.3 Å². The van der Waals surface area contributed by atoms with Crippen LogP contribution in [0.4, 0.5) is 0 Å². The highest BCUT2D eigenvalue weighted by molar-refractivity contribution is 7.77. The molecule has 32 heavy (non-hydrogen) atoms. The second-order valence-corrected chi connectivity index (χ2v) is 9.27. The Morgan fingerprint density at radius 3 is 2.53 bits per heavy atom. The summed E-state index contributed by atoms with van der Waals surface area (Å²) in [5.74, 6) is 0. The maximum Gasteiger partial charge on any atom is 0.250 e. The second kappa shape index (κ2) is 9.29. The zero-order valence-corrected chi connectivity index (χ0v) is 19.8. The molecule has 9 heteroatoms. The molecule has 1 unspecified atom stereocenters. The minimum atomic E-state index is -2.09. The Morgan fingerprint density at radius 1 is 1.12 bits per heavy atom. The van der Waals surface area contributed by atoms with E-state index in [1.807, 2.05) is 49.5 Å². The van der Waals surface area contributed by atoms with Gasteiger partial charge in [0, 0.05) is 52.6 Å². The van der Waals surface area contributed by atoms with E-state index in [2.05, 4.69) is 4.72 Å². The molecule has 1 aliphatic rings. The highest BCUT2D eigenvalue weighted by Crippen LogP contribution is 2.39. The average Bonchev–Trinajstić information content (AvgIpc) is 2.84. The third-order valence-electron chi connectivity index (χ3n) is 5.50. The molecule has 0 amide bonds. The van der Waals surface area contributed by atoms with E-state index < -0.39 is 11.3 Å². The van der Waals surface area contributed by atoms with Crippen LogP contribution in [0.25, 0.3) is 11.1 Å². The predicted molar refractivity (Wildman–Crippen MR) is 130 cm³/mol. The Labute approximate surface area is 198 Å². The van der Waals surface area contributed by atoms with Crippen LogP contribution in [-0.4, -0.2) is 25.6 Å². The maximum atomic E-state index is 12.4. The molecule has 2 N–H and O–H groups in total. The fraction of sp³-hybridized carbons (Fsp3) is 0.217. The normalized spacial score (nSPS) is 16.0. The molecule has 0 saturated heterocycles. The molecule has 4 rings (SSSR count). The molecule has 2 aromatic carbocycles. The molecule has 0 fully saturated rings. The highest BCUT2D eigenvalue weighted by atomic mass is 35.5. The number of nitrogens with one attached hydrogen (secondary N) is 1. The van der Waals surface area contributed by atoms with Crippen molar-refractivity contribution < 1.29 is 8.76 Å². The van der Waals surface area contributed by atoms with E-state index in [1.165, 1.54) is 0 Å². The molecule has 166 valence electrons. The third-order valence-corrected chi connectivity index (χ3v) is 6.56. The van der Waals surface area contributed by atoms with Crippen LogP contribution in [0.3, 0.4) is 0 Å². The van der Waals surface area contributed by atoms with E-state index in [9.17, 15) is 9.00 Å². The fourth-order valence-corrected chi connectivity index (χ4v) is 4.55. The third kappa shape index (κ3) is 4.58. The van der Waals surface area contributed by atoms with Gasteiger partial charge in [0.25, 0.3) is 5.56 Å². The lowest BCUT2D eigenvalue weighted by Gasteiger charge is -2.16. The second-order valence-electron chi connectivity index (χ2n) is 7.63. The van der Waals surface area contributed by atoms with Crippen molar-refractivity contribution >= 4 is 40.2 Å². The summed E-state index contributed by atoms with van der Waals surface area (Å²) >= 11 is 10.6. The molecule has 2 atom stereocenters. The van der Waals surface area contributed by atoms with Gasteiger partial charge >= 0.3 is 0 Å². The van der Waals surface area contributed by atoms with Gasteiger partial charge in [-0.3, -0.25) is 14.3 Å². The van der Waals surface area contributed by atoms with Crippen LogP contribution in [0.2, 0.25) is 10.0 Å². The number of halogens is 2. The summed E-state index contributed by atoms with van der Waals surface area (Å²) in [6.45, 7) is 2.25. The van der Waals surface area contributed by atoms with Crippen LogP contribution in [0.5, 0.6) is 0 Å². The topological polar surface area (TPSA) is 83.7 Å². The smallest absolute Gasteiger partial charge is 0.250 e. The molecule has 0 radical (unpaired) electrons. The van der Waals surface area contributed by atoms with Crippen molar-refractivity contribution in [2.45, 2.75) is 19.4 Å². The van der Waals surface area contributed by atoms with Gasteiger partial charge < -0.3 is 4.57 Å². The fourth-order valence-electron chi connectivity index (χ4n) is 3.89. The van der Waals surface area contributed by atoms with Gasteiger partial charge in [0.1, 0.15) is 0 Å². The Hall–Kier alpha value is -2.29. The van der Waals surface area contributed by atoms with E-state index in [4.69, 9.17) is 32.7 Å². The van der Waals surface area contributed by atoms with Crippen molar-refractivity contribution in [3.05, 3.63) is 91.3 Å². The molecular weight excluding hydrogens is 469 g/mol. The predicted octanol–water partition coefficient (Wildman–Crippen LogP) is 4.54. The number of aryl methyl sites for hydroxylation is 1. The van der Waals surface area contributed by atoms with Crippen molar-refractivity contribution in [1.29, 1.82) is 0 Å². The molecule has 0 saturated carbocycles. The first-order chi connectivity index (χ1) is 15.2. The highest BCUT2D eigenvalue weighted by Gasteiger charge is 2.25. The summed E-state index contributed by atoms with van der Waals surface area (Å²) in [5.41, 5.74) is 5.86. The van der Waals surface area contributed by atoms with Gasteiger partial charge in [-0.25, -0.2) is 8.93 Å². The van der Waals surface area contributed by atoms with Gasteiger partial charge in [-0.15, -0.1) is 0 Å². The lowest BCUT2D eigenvalue weighted by molar-refractivity contribution is 0.549. The monoisotopic (exact) mass is 489 g/mol. The summed E-state index contributed by atoms with van der Waals surface area (Å²) in [7, 11) is 1.72. The minimum absolute atomic E-state index is 0.105. The SMILES string of the molecule is C[C@@H]1N=C(c2ccc(Cl)cc2)c2cc(Cl)c(CCNS(=O)O)cc2-c2cn(C)c(=O)cc21. The quantitative estimate of drug-likeness (QED) is 0.516. The van der Waals surface area contributed by atoms with Crippen LogP contribution >= 0.6 is 23.2 Å². The Bertz CT molecular complexity index is 1300. The van der Waals surface area contributed by atoms with Crippen LogP contribution in [0.1, 0.15) is 35.2 Å². The Kier molecular flexibility index (Phi) is 6.65. The molecular formula is C23H21Cl2N3O3S. The molecule has 0 aliphatic carbocycles. The van der Waals surface area contributed by atoms with Gasteiger partial charge in [-0.2, -0.15) is 0 Å². The molecule has 1 aromatic heterocycles. The lowest BCUT2D eigenvalue weighted by Crippen LogP contribution is -2.19. The zero-order valence-electron chi connectivity index (χ0n) is 17.4. The van der Waals surface area contributed by atoms with Crippen molar-refractivity contribution in [1.82, 2.24) is 9.29 Å². The van der Waals surface area contributed by atoms with E-state index in [1.54, 1.807) is 17.7 Å². The molecule has 1 aliphatic heterocycles. The van der Waals surface area contributed by atoms with E-state index in [-0.39, 0.29) is 18.1 Å². The van der Waals surface area contributed by atoms with Crippen LogP contribution in [-0.2, 0) is 24.7 Å². The molecule has 0 spiro atoms. The van der Waals surface area contributed by atoms with Crippen molar-refractivity contribution in [2.75, 3.05) is 6.54 Å². The maximum absolute atomic E-state index is 12.4. The number of aromatic nitrogens is 1. The first-order valence-corrected chi connectivity index (χ1v) is 11.8. The van der Waals surface area contributed by atoms with E-state index in [0.29, 0.717) is 16.5 Å². The summed E-state index contributed by atoms with van der Waals surface area (Å²) in [6.07, 6.45) is 2.29. The number of nitrogens with zero attached hydrogens (tertiary/aromatic N) is 2. The van der Waals surface area contributed by atoms with Crippen molar-refractivity contribution in [3.63, 3.8) is 0 Å².